The van der Waals surface area contributed by atoms with Gasteiger partial charge in [0.15, 0.2) is 11.6 Å². The zero-order valence-corrected chi connectivity index (χ0v) is 28.1. The van der Waals surface area contributed by atoms with Crippen LogP contribution in [0.15, 0.2) is 97.1 Å². The van der Waals surface area contributed by atoms with Crippen molar-refractivity contribution >= 4 is 35.7 Å². The zero-order chi connectivity index (χ0) is 35.3. The van der Waals surface area contributed by atoms with E-state index in [2.05, 4.69) is 0 Å². The number of ketones is 2. The molecule has 0 spiro atoms. The number of aryl methyl sites for hydroxylation is 2. The summed E-state index contributed by atoms with van der Waals surface area (Å²) in [7, 11) is 0. The third-order valence-corrected chi connectivity index (χ3v) is 8.34. The molecule has 0 fully saturated rings. The molecule has 50 heavy (non-hydrogen) atoms. The summed E-state index contributed by atoms with van der Waals surface area (Å²) in [6.45, 7) is 3.03. The Hall–Kier alpha value is -5.76. The molecule has 4 aromatic rings. The minimum absolute atomic E-state index is 0.216. The molecule has 8 heteroatoms. The summed E-state index contributed by atoms with van der Waals surface area (Å²) in [6, 6.07) is 26.7. The van der Waals surface area contributed by atoms with Gasteiger partial charge in [-0.25, -0.2) is 9.59 Å². The van der Waals surface area contributed by atoms with E-state index >= 15 is 0 Å². The van der Waals surface area contributed by atoms with Crippen LogP contribution in [0.1, 0.15) is 86.7 Å². The van der Waals surface area contributed by atoms with Crippen molar-refractivity contribution in [1.82, 2.24) is 0 Å². The van der Waals surface area contributed by atoms with Gasteiger partial charge in [-0.3, -0.25) is 9.59 Å². The molecule has 4 aromatic carbocycles. The van der Waals surface area contributed by atoms with Gasteiger partial charge in [-0.05, 0) is 115 Å². The van der Waals surface area contributed by atoms with E-state index in [9.17, 15) is 19.2 Å². The summed E-state index contributed by atoms with van der Waals surface area (Å²) < 4.78 is 16.5. The maximum Gasteiger partial charge on any atom is 0.330 e. The zero-order valence-electron chi connectivity index (χ0n) is 28.1. The maximum absolute atomic E-state index is 11.9. The third kappa shape index (κ3) is 10.4. The van der Waals surface area contributed by atoms with Crippen LogP contribution in [0.25, 0.3) is 12.2 Å². The van der Waals surface area contributed by atoms with Gasteiger partial charge in [-0.15, -0.1) is 0 Å². The lowest BCUT2D eigenvalue weighted by Gasteiger charge is -2.16. The van der Waals surface area contributed by atoms with Crippen molar-refractivity contribution in [1.29, 1.82) is 0 Å². The van der Waals surface area contributed by atoms with Gasteiger partial charge in [0.1, 0.15) is 24.7 Å². The fraction of sp³-hybridized carbons (Fsp3) is 0.238. The Kier molecular flexibility index (Phi) is 12.5. The van der Waals surface area contributed by atoms with Gasteiger partial charge in [0.2, 0.25) is 0 Å². The van der Waals surface area contributed by atoms with Crippen molar-refractivity contribution in [3.63, 3.8) is 0 Å². The molecule has 6 rings (SSSR count). The Labute approximate surface area is 292 Å². The molecule has 0 saturated carbocycles. The highest BCUT2D eigenvalue weighted by Gasteiger charge is 2.18. The highest BCUT2D eigenvalue weighted by atomic mass is 16.5. The molecule has 2 aliphatic rings. The first-order valence-electron chi connectivity index (χ1n) is 16.8. The summed E-state index contributed by atoms with van der Waals surface area (Å²) in [5.74, 6) is 0.680. The number of esters is 1. The molecule has 0 atom stereocenters. The molecule has 8 nitrogen and oxygen atoms in total. The summed E-state index contributed by atoms with van der Waals surface area (Å²) >= 11 is 0. The number of aliphatic carboxylic acids is 1. The van der Waals surface area contributed by atoms with Gasteiger partial charge >= 0.3 is 11.9 Å². The number of carbonyl (C=O) groups excluding carboxylic acids is 3. The summed E-state index contributed by atoms with van der Waals surface area (Å²) in [5, 5.41) is 8.61. The lowest BCUT2D eigenvalue weighted by atomic mass is 9.90. The standard InChI is InChI=1S/C22H22O4.C20H18O4/c1-2-25-22(24)13-10-16-6-8-17(9-7-16)15-26-19-11-12-20-18(14-19)4-3-5-21(20)23;21-19-3-1-2-16-12-17(9-10-18(16)19)24-13-15-6-4-14(5-7-15)8-11-20(22)23/h6-14H,2-5,15H2,1H3;4-12H,1-3,13H2,(H,22,23)/b13-10+;11-8+. The summed E-state index contributed by atoms with van der Waals surface area (Å²) in [6.07, 6.45) is 10.7. The summed E-state index contributed by atoms with van der Waals surface area (Å²) in [4.78, 5) is 45.5. The van der Waals surface area contributed by atoms with Gasteiger partial charge in [0, 0.05) is 36.1 Å². The number of hydrogen-bond donors (Lipinski definition) is 1. The Balaban J connectivity index is 0.000000195. The van der Waals surface area contributed by atoms with Crippen LogP contribution in [0.3, 0.4) is 0 Å². The van der Waals surface area contributed by atoms with E-state index in [4.69, 9.17) is 19.3 Å². The molecule has 0 saturated heterocycles. The topological polar surface area (TPSA) is 116 Å². The van der Waals surface area contributed by atoms with Crippen molar-refractivity contribution < 1.29 is 38.5 Å². The first-order chi connectivity index (χ1) is 24.3. The fourth-order valence-corrected chi connectivity index (χ4v) is 5.73. The monoisotopic (exact) mass is 672 g/mol. The predicted octanol–water partition coefficient (Wildman–Crippen LogP) is 8.24. The van der Waals surface area contributed by atoms with E-state index < -0.39 is 5.97 Å². The first kappa shape index (κ1) is 35.5. The van der Waals surface area contributed by atoms with Crippen LogP contribution >= 0.6 is 0 Å². The average molecular weight is 673 g/mol. The van der Waals surface area contributed by atoms with Crippen molar-refractivity contribution in [2.24, 2.45) is 0 Å². The van der Waals surface area contributed by atoms with Crippen molar-refractivity contribution in [3.05, 3.63) is 142 Å². The number of benzene rings is 4. The Morgan fingerprint density at radius 2 is 1.10 bits per heavy atom. The summed E-state index contributed by atoms with van der Waals surface area (Å²) in [5.41, 5.74) is 7.59. The highest BCUT2D eigenvalue weighted by molar-refractivity contribution is 5.99. The fourth-order valence-electron chi connectivity index (χ4n) is 5.73. The Morgan fingerprint density at radius 1 is 0.640 bits per heavy atom. The minimum atomic E-state index is -0.965. The maximum atomic E-state index is 11.9. The third-order valence-electron chi connectivity index (χ3n) is 8.34. The molecule has 0 aliphatic heterocycles. The first-order valence-corrected chi connectivity index (χ1v) is 16.8. The SMILES string of the molecule is CCOC(=O)/C=C/c1ccc(COc2ccc3c(c2)CCCC3=O)cc1.O=C(O)/C=C/c1ccc(COc2ccc3c(c2)CCCC3=O)cc1. The van der Waals surface area contributed by atoms with E-state index in [0.717, 1.165) is 87.8 Å². The van der Waals surface area contributed by atoms with Gasteiger partial charge in [0.05, 0.1) is 6.61 Å². The number of hydrogen-bond acceptors (Lipinski definition) is 7. The van der Waals surface area contributed by atoms with Crippen LogP contribution in [-0.2, 0) is 40.4 Å². The molecule has 1 N–H and O–H groups in total. The number of Topliss-reactive ketones (excluding diaryl/α,β-unsaturated/α-hetero) is 2. The normalized spacial score (nSPS) is 13.6. The second-order valence-corrected chi connectivity index (χ2v) is 12.0. The van der Waals surface area contributed by atoms with E-state index in [1.54, 1.807) is 19.1 Å². The van der Waals surface area contributed by atoms with Crippen LogP contribution < -0.4 is 9.47 Å². The second kappa shape index (κ2) is 17.6. The molecule has 0 bridgehead atoms. The molecular weight excluding hydrogens is 632 g/mol. The molecule has 256 valence electrons. The Bertz CT molecular complexity index is 1880. The molecule has 0 amide bonds. The van der Waals surface area contributed by atoms with Crippen LogP contribution in [-0.4, -0.2) is 35.2 Å². The van der Waals surface area contributed by atoms with E-state index in [1.165, 1.54) is 6.08 Å². The van der Waals surface area contributed by atoms with Crippen molar-refractivity contribution in [2.75, 3.05) is 6.61 Å². The molecule has 0 unspecified atom stereocenters. The van der Waals surface area contributed by atoms with E-state index in [-0.39, 0.29) is 17.5 Å². The quantitative estimate of drug-likeness (QED) is 0.125. The van der Waals surface area contributed by atoms with E-state index in [0.29, 0.717) is 32.7 Å². The molecular formula is C42H40O8. The Morgan fingerprint density at radius 3 is 1.54 bits per heavy atom. The van der Waals surface area contributed by atoms with Crippen molar-refractivity contribution in [2.45, 2.75) is 58.7 Å². The van der Waals surface area contributed by atoms with Crippen LogP contribution in [0, 0.1) is 0 Å². The largest absolute Gasteiger partial charge is 0.489 e. The van der Waals surface area contributed by atoms with Crippen molar-refractivity contribution in [3.8, 4) is 11.5 Å². The number of ether oxygens (including phenoxy) is 3. The number of carbonyl (C=O) groups is 4. The lowest BCUT2D eigenvalue weighted by molar-refractivity contribution is -0.137. The van der Waals surface area contributed by atoms with Gasteiger partial charge in [0.25, 0.3) is 0 Å². The minimum Gasteiger partial charge on any atom is -0.489 e. The van der Waals surface area contributed by atoms with Crippen LogP contribution in [0.2, 0.25) is 0 Å². The smallest absolute Gasteiger partial charge is 0.330 e. The van der Waals surface area contributed by atoms with Gasteiger partial charge in [-0.2, -0.15) is 0 Å². The molecule has 0 heterocycles. The molecule has 0 aromatic heterocycles. The van der Waals surface area contributed by atoms with Gasteiger partial charge < -0.3 is 19.3 Å². The predicted molar refractivity (Wildman–Crippen MR) is 191 cm³/mol. The van der Waals surface area contributed by atoms with Gasteiger partial charge in [-0.1, -0.05) is 48.5 Å². The average Bonchev–Trinajstić information content (AvgIpc) is 3.13. The highest BCUT2D eigenvalue weighted by Crippen LogP contribution is 2.27. The second-order valence-electron chi connectivity index (χ2n) is 12.0. The lowest BCUT2D eigenvalue weighted by Crippen LogP contribution is -2.10. The number of carboxylic acids is 1. The van der Waals surface area contributed by atoms with Crippen LogP contribution in [0.4, 0.5) is 0 Å². The van der Waals surface area contributed by atoms with Crippen LogP contribution in [0.5, 0.6) is 11.5 Å². The number of rotatable bonds is 11. The number of fused-ring (bicyclic) bond motifs is 2. The molecule has 2 aliphatic carbocycles. The van der Waals surface area contributed by atoms with E-state index in [1.807, 2.05) is 84.9 Å². The number of carboxylic acid groups (broad SMARTS) is 1. The molecule has 0 radical (unpaired) electrons.